The molecule has 0 saturated carbocycles. The lowest BCUT2D eigenvalue weighted by molar-refractivity contribution is 0.108. The van der Waals surface area contributed by atoms with E-state index >= 15 is 0 Å². The summed E-state index contributed by atoms with van der Waals surface area (Å²) in [6.07, 6.45) is 1.13. The van der Waals surface area contributed by atoms with E-state index in [-0.39, 0.29) is 12.5 Å². The van der Waals surface area contributed by atoms with Crippen LogP contribution in [0.25, 0.3) is 0 Å². The van der Waals surface area contributed by atoms with Crippen molar-refractivity contribution in [1.82, 2.24) is 9.78 Å². The number of aromatic nitrogens is 2. The molecule has 1 aromatic heterocycles. The zero-order valence-corrected chi connectivity index (χ0v) is 12.5. The van der Waals surface area contributed by atoms with E-state index in [1.807, 2.05) is 27.8 Å². The van der Waals surface area contributed by atoms with Crippen LogP contribution in [0.5, 0.6) is 0 Å². The van der Waals surface area contributed by atoms with Crippen LogP contribution in [0.15, 0.2) is 4.47 Å². The van der Waals surface area contributed by atoms with Gasteiger partial charge in [-0.2, -0.15) is 5.10 Å². The molecule has 0 amide bonds. The largest absolute Gasteiger partial charge is 0.328 e. The maximum absolute atomic E-state index is 14.6. The predicted octanol–water partition coefficient (Wildman–Crippen LogP) is 2.61. The first-order chi connectivity index (χ1) is 7.85. The normalized spacial score (nSPS) is 15.3. The van der Waals surface area contributed by atoms with Gasteiger partial charge in [-0.25, -0.2) is 4.39 Å². The minimum Gasteiger partial charge on any atom is -0.328 e. The van der Waals surface area contributed by atoms with Crippen molar-refractivity contribution in [2.24, 2.45) is 18.7 Å². The monoisotopic (exact) mass is 305 g/mol. The van der Waals surface area contributed by atoms with Crippen LogP contribution in [0.1, 0.15) is 32.2 Å². The summed E-state index contributed by atoms with van der Waals surface area (Å²) >= 11 is 3.50. The van der Waals surface area contributed by atoms with Crippen molar-refractivity contribution >= 4 is 15.9 Å². The van der Waals surface area contributed by atoms with E-state index in [1.165, 1.54) is 0 Å². The van der Waals surface area contributed by atoms with Crippen molar-refractivity contribution in [2.75, 3.05) is 6.54 Å². The van der Waals surface area contributed by atoms with Gasteiger partial charge in [-0.3, -0.25) is 4.68 Å². The molecular formula is C12H21BrFN3. The van der Waals surface area contributed by atoms with Crippen LogP contribution in [0.4, 0.5) is 4.39 Å². The third-order valence-electron chi connectivity index (χ3n) is 3.34. The molecular weight excluding hydrogens is 285 g/mol. The fourth-order valence-electron chi connectivity index (χ4n) is 1.80. The molecule has 0 spiro atoms. The molecule has 2 N–H and O–H groups in total. The molecule has 5 heteroatoms. The van der Waals surface area contributed by atoms with Gasteiger partial charge >= 0.3 is 0 Å². The van der Waals surface area contributed by atoms with Gasteiger partial charge in [-0.05, 0) is 28.3 Å². The van der Waals surface area contributed by atoms with Gasteiger partial charge in [0.05, 0.1) is 15.9 Å². The van der Waals surface area contributed by atoms with Crippen molar-refractivity contribution < 1.29 is 4.39 Å². The zero-order chi connectivity index (χ0) is 13.2. The summed E-state index contributed by atoms with van der Waals surface area (Å²) in [4.78, 5) is 0. The minimum absolute atomic E-state index is 0.0315. The summed E-state index contributed by atoms with van der Waals surface area (Å²) in [5.41, 5.74) is 6.04. The molecule has 1 rings (SSSR count). The SMILES string of the molecule is CCc1nn(C)c(CC(F)(CN)C(C)C)c1Br. The van der Waals surface area contributed by atoms with Crippen molar-refractivity contribution in [3.8, 4) is 0 Å². The maximum atomic E-state index is 14.6. The molecule has 0 aliphatic carbocycles. The average Bonchev–Trinajstić information content (AvgIpc) is 2.55. The highest BCUT2D eigenvalue weighted by molar-refractivity contribution is 9.10. The van der Waals surface area contributed by atoms with Gasteiger partial charge in [0.25, 0.3) is 0 Å². The molecule has 0 bridgehead atoms. The molecule has 0 fully saturated rings. The average molecular weight is 306 g/mol. The highest BCUT2D eigenvalue weighted by Gasteiger charge is 2.34. The van der Waals surface area contributed by atoms with Crippen LogP contribution in [0.2, 0.25) is 0 Å². The Kier molecular flexibility index (Phi) is 4.72. The van der Waals surface area contributed by atoms with Crippen molar-refractivity contribution in [1.29, 1.82) is 0 Å². The number of halogens is 2. The Morgan fingerprint density at radius 1 is 1.53 bits per heavy atom. The molecule has 0 radical (unpaired) electrons. The van der Waals surface area contributed by atoms with Crippen LogP contribution in [0.3, 0.4) is 0 Å². The first-order valence-electron chi connectivity index (χ1n) is 5.95. The third-order valence-corrected chi connectivity index (χ3v) is 4.25. The number of hydrogen-bond donors (Lipinski definition) is 1. The second-order valence-corrected chi connectivity index (χ2v) is 5.55. The van der Waals surface area contributed by atoms with E-state index in [4.69, 9.17) is 5.73 Å². The van der Waals surface area contributed by atoms with Crippen LogP contribution < -0.4 is 5.73 Å². The Morgan fingerprint density at radius 2 is 2.12 bits per heavy atom. The van der Waals surface area contributed by atoms with Gasteiger partial charge in [-0.15, -0.1) is 0 Å². The van der Waals surface area contributed by atoms with E-state index in [2.05, 4.69) is 21.0 Å². The second-order valence-electron chi connectivity index (χ2n) is 4.75. The number of nitrogens with zero attached hydrogens (tertiary/aromatic N) is 2. The smallest absolute Gasteiger partial charge is 0.131 e. The number of rotatable bonds is 5. The summed E-state index contributed by atoms with van der Waals surface area (Å²) in [6.45, 7) is 5.78. The van der Waals surface area contributed by atoms with Crippen LogP contribution in [-0.2, 0) is 19.9 Å². The van der Waals surface area contributed by atoms with Crippen LogP contribution >= 0.6 is 15.9 Å². The highest BCUT2D eigenvalue weighted by atomic mass is 79.9. The molecule has 1 unspecified atom stereocenters. The number of aryl methyl sites for hydroxylation is 2. The quantitative estimate of drug-likeness (QED) is 0.909. The lowest BCUT2D eigenvalue weighted by Crippen LogP contribution is -2.41. The van der Waals surface area contributed by atoms with Gasteiger partial charge in [-0.1, -0.05) is 20.8 Å². The Bertz CT molecular complexity index is 389. The maximum Gasteiger partial charge on any atom is 0.131 e. The van der Waals surface area contributed by atoms with Crippen molar-refractivity contribution in [3.63, 3.8) is 0 Å². The van der Waals surface area contributed by atoms with Gasteiger partial charge in [0, 0.05) is 20.0 Å². The summed E-state index contributed by atoms with van der Waals surface area (Å²) < 4.78 is 17.3. The zero-order valence-electron chi connectivity index (χ0n) is 10.9. The Labute approximate surface area is 111 Å². The molecule has 98 valence electrons. The van der Waals surface area contributed by atoms with Crippen molar-refractivity contribution in [2.45, 2.75) is 39.3 Å². The summed E-state index contributed by atoms with van der Waals surface area (Å²) in [7, 11) is 1.84. The molecule has 0 aliphatic rings. The van der Waals surface area contributed by atoms with Gasteiger partial charge in [0.15, 0.2) is 0 Å². The van der Waals surface area contributed by atoms with Gasteiger partial charge in [0.1, 0.15) is 5.67 Å². The van der Waals surface area contributed by atoms with E-state index < -0.39 is 5.67 Å². The standard InChI is InChI=1S/C12H21BrFN3/c1-5-9-11(13)10(17(4)16-9)6-12(14,7-15)8(2)3/h8H,5-7,15H2,1-4H3. The van der Waals surface area contributed by atoms with Gasteiger partial charge in [0.2, 0.25) is 0 Å². The summed E-state index contributed by atoms with van der Waals surface area (Å²) in [5, 5.41) is 4.37. The summed E-state index contributed by atoms with van der Waals surface area (Å²) in [5.74, 6) is -0.112. The molecule has 0 aliphatic heterocycles. The minimum atomic E-state index is -1.37. The first kappa shape index (κ1) is 14.6. The summed E-state index contributed by atoms with van der Waals surface area (Å²) in [6, 6.07) is 0. The predicted molar refractivity (Wildman–Crippen MR) is 71.7 cm³/mol. The third kappa shape index (κ3) is 2.88. The molecule has 0 saturated heterocycles. The molecule has 1 atom stereocenters. The van der Waals surface area contributed by atoms with Crippen LogP contribution in [0, 0.1) is 5.92 Å². The highest BCUT2D eigenvalue weighted by Crippen LogP contribution is 2.30. The van der Waals surface area contributed by atoms with E-state index in [0.717, 1.165) is 22.3 Å². The lowest BCUT2D eigenvalue weighted by atomic mass is 9.87. The first-order valence-corrected chi connectivity index (χ1v) is 6.74. The lowest BCUT2D eigenvalue weighted by Gasteiger charge is -2.28. The fraction of sp³-hybridized carbons (Fsp3) is 0.750. The molecule has 1 aromatic rings. The number of nitrogens with two attached hydrogens (primary N) is 1. The Morgan fingerprint density at radius 3 is 2.47 bits per heavy atom. The molecule has 0 aromatic carbocycles. The second kappa shape index (κ2) is 5.48. The molecule has 1 heterocycles. The molecule has 17 heavy (non-hydrogen) atoms. The Balaban J connectivity index is 3.06. The number of hydrogen-bond acceptors (Lipinski definition) is 2. The number of alkyl halides is 1. The molecule has 3 nitrogen and oxygen atoms in total. The van der Waals surface area contributed by atoms with Crippen molar-refractivity contribution in [3.05, 3.63) is 15.9 Å². The fourth-order valence-corrected chi connectivity index (χ4v) is 2.56. The van der Waals surface area contributed by atoms with E-state index in [0.29, 0.717) is 6.42 Å². The van der Waals surface area contributed by atoms with Gasteiger partial charge < -0.3 is 5.73 Å². The van der Waals surface area contributed by atoms with Crippen LogP contribution in [-0.4, -0.2) is 22.0 Å². The Hall–Kier alpha value is -0.420. The topological polar surface area (TPSA) is 43.8 Å². The van der Waals surface area contributed by atoms with E-state index in [1.54, 1.807) is 4.68 Å². The van der Waals surface area contributed by atoms with E-state index in [9.17, 15) is 4.39 Å².